The minimum absolute atomic E-state index is 0.292. The number of carbonyl (C=O) groups is 1. The summed E-state index contributed by atoms with van der Waals surface area (Å²) in [4.78, 5) is 13.3. The molecule has 1 amide bonds. The van der Waals surface area contributed by atoms with Crippen LogP contribution in [0.3, 0.4) is 0 Å². The highest BCUT2D eigenvalue weighted by Crippen LogP contribution is 2.42. The lowest BCUT2D eigenvalue weighted by atomic mass is 9.83. The fourth-order valence-electron chi connectivity index (χ4n) is 4.55. The van der Waals surface area contributed by atoms with Crippen LogP contribution >= 0.6 is 0 Å². The van der Waals surface area contributed by atoms with Gasteiger partial charge in [0.2, 0.25) is 15.9 Å². The summed E-state index contributed by atoms with van der Waals surface area (Å²) >= 11 is 0. The normalized spacial score (nSPS) is 16.4. The fraction of sp³-hybridized carbons (Fsp3) is 0.321. The molecule has 0 bridgehead atoms. The van der Waals surface area contributed by atoms with Gasteiger partial charge in [-0.05, 0) is 43.2 Å². The molecule has 1 N–H and O–H groups in total. The number of fused-ring (bicyclic) bond motifs is 1. The summed E-state index contributed by atoms with van der Waals surface area (Å²) in [7, 11) is -3.79. The molecule has 1 aliphatic heterocycles. The van der Waals surface area contributed by atoms with E-state index in [4.69, 9.17) is 9.47 Å². The Labute approximate surface area is 213 Å². The summed E-state index contributed by atoms with van der Waals surface area (Å²) < 4.78 is 39.0. The van der Waals surface area contributed by atoms with Gasteiger partial charge in [0.15, 0.2) is 5.75 Å². The Kier molecular flexibility index (Phi) is 7.54. The number of para-hydroxylation sites is 4. The summed E-state index contributed by atoms with van der Waals surface area (Å²) in [5.74, 6) is 1.25. The zero-order valence-corrected chi connectivity index (χ0v) is 21.6. The van der Waals surface area contributed by atoms with Crippen LogP contribution < -0.4 is 19.1 Å². The highest BCUT2D eigenvalue weighted by Gasteiger charge is 2.39. The topological polar surface area (TPSA) is 84.9 Å². The molecular formula is C28H32N2O5S. The average Bonchev–Trinajstić information content (AvgIpc) is 2.87. The molecule has 0 spiro atoms. The van der Waals surface area contributed by atoms with E-state index in [1.54, 1.807) is 36.4 Å². The first-order valence-corrected chi connectivity index (χ1v) is 14.0. The number of benzene rings is 3. The van der Waals surface area contributed by atoms with Crippen molar-refractivity contribution in [2.24, 2.45) is 0 Å². The van der Waals surface area contributed by atoms with Crippen molar-refractivity contribution in [1.29, 1.82) is 0 Å². The predicted octanol–water partition coefficient (Wildman–Crippen LogP) is 5.44. The Morgan fingerprint density at radius 1 is 1.00 bits per heavy atom. The van der Waals surface area contributed by atoms with Crippen LogP contribution in [0.15, 0.2) is 78.9 Å². The molecule has 0 saturated heterocycles. The zero-order valence-electron chi connectivity index (χ0n) is 20.8. The van der Waals surface area contributed by atoms with E-state index in [1.807, 2.05) is 42.5 Å². The van der Waals surface area contributed by atoms with Gasteiger partial charge >= 0.3 is 0 Å². The largest absolute Gasteiger partial charge is 0.487 e. The van der Waals surface area contributed by atoms with E-state index in [-0.39, 0.29) is 18.2 Å². The molecular weight excluding hydrogens is 476 g/mol. The van der Waals surface area contributed by atoms with Crippen LogP contribution in [0.25, 0.3) is 0 Å². The number of nitrogens with zero attached hydrogens (tertiary/aromatic N) is 1. The fourth-order valence-corrected chi connectivity index (χ4v) is 5.41. The third-order valence-electron chi connectivity index (χ3n) is 6.61. The SMILES string of the molecule is CCC1(CC)C[C@H](NC(=O)CN(c2ccccc2Oc2ccccc2)S(C)(=O)=O)c2ccccc2O1. The maximum atomic E-state index is 13.3. The van der Waals surface area contributed by atoms with Gasteiger partial charge in [0.1, 0.15) is 23.6 Å². The highest BCUT2D eigenvalue weighted by atomic mass is 32.2. The van der Waals surface area contributed by atoms with Crippen molar-refractivity contribution in [2.45, 2.75) is 44.8 Å². The van der Waals surface area contributed by atoms with Gasteiger partial charge < -0.3 is 14.8 Å². The number of hydrogen-bond donors (Lipinski definition) is 1. The van der Waals surface area contributed by atoms with E-state index in [2.05, 4.69) is 19.2 Å². The number of hydrogen-bond acceptors (Lipinski definition) is 5. The van der Waals surface area contributed by atoms with Gasteiger partial charge in [0.25, 0.3) is 0 Å². The molecule has 0 fully saturated rings. The highest BCUT2D eigenvalue weighted by molar-refractivity contribution is 7.92. The molecule has 36 heavy (non-hydrogen) atoms. The van der Waals surface area contributed by atoms with Gasteiger partial charge in [-0.3, -0.25) is 9.10 Å². The molecule has 190 valence electrons. The number of rotatable bonds is 9. The molecule has 4 rings (SSSR count). The van der Waals surface area contributed by atoms with Gasteiger partial charge in [0.05, 0.1) is 18.0 Å². The monoisotopic (exact) mass is 508 g/mol. The second-order valence-electron chi connectivity index (χ2n) is 9.01. The third-order valence-corrected chi connectivity index (χ3v) is 7.74. The second-order valence-corrected chi connectivity index (χ2v) is 10.9. The van der Waals surface area contributed by atoms with Crippen molar-refractivity contribution in [3.05, 3.63) is 84.4 Å². The lowest BCUT2D eigenvalue weighted by molar-refractivity contribution is -0.121. The van der Waals surface area contributed by atoms with Gasteiger partial charge in [-0.25, -0.2) is 8.42 Å². The van der Waals surface area contributed by atoms with Gasteiger partial charge in [-0.2, -0.15) is 0 Å². The number of anilines is 1. The molecule has 1 heterocycles. The van der Waals surface area contributed by atoms with Crippen molar-refractivity contribution in [3.8, 4) is 17.2 Å². The Morgan fingerprint density at radius 3 is 2.33 bits per heavy atom. The summed E-state index contributed by atoms with van der Waals surface area (Å²) in [6.45, 7) is 3.77. The third kappa shape index (κ3) is 5.65. The summed E-state index contributed by atoms with van der Waals surface area (Å²) in [6, 6.07) is 23.3. The lowest BCUT2D eigenvalue weighted by Crippen LogP contribution is -2.47. The first-order valence-electron chi connectivity index (χ1n) is 12.1. The first kappa shape index (κ1) is 25.6. The molecule has 0 unspecified atom stereocenters. The smallest absolute Gasteiger partial charge is 0.241 e. The summed E-state index contributed by atoms with van der Waals surface area (Å²) in [6.07, 6.45) is 3.28. The van der Waals surface area contributed by atoms with Gasteiger partial charge in [-0.1, -0.05) is 62.4 Å². The van der Waals surface area contributed by atoms with E-state index in [1.165, 1.54) is 0 Å². The van der Waals surface area contributed by atoms with E-state index in [0.29, 0.717) is 23.6 Å². The van der Waals surface area contributed by atoms with Crippen molar-refractivity contribution < 1.29 is 22.7 Å². The Balaban J connectivity index is 1.60. The standard InChI is InChI=1S/C28H32N2O5S/c1-4-28(5-2)19-23(22-15-9-11-17-25(22)35-28)29-27(31)20-30(36(3,32)33)24-16-10-12-18-26(24)34-21-13-7-6-8-14-21/h6-18,23H,4-5,19-20H2,1-3H3,(H,29,31)/t23-/m0/s1. The van der Waals surface area contributed by atoms with Crippen molar-refractivity contribution in [2.75, 3.05) is 17.1 Å². The number of sulfonamides is 1. The van der Waals surface area contributed by atoms with Crippen LogP contribution in [-0.2, 0) is 14.8 Å². The number of nitrogens with one attached hydrogen (secondary N) is 1. The molecule has 1 atom stereocenters. The van der Waals surface area contributed by atoms with Crippen molar-refractivity contribution in [3.63, 3.8) is 0 Å². The average molecular weight is 509 g/mol. The Bertz CT molecular complexity index is 1310. The maximum Gasteiger partial charge on any atom is 0.241 e. The van der Waals surface area contributed by atoms with E-state index in [9.17, 15) is 13.2 Å². The molecule has 8 heteroatoms. The molecule has 1 aliphatic rings. The van der Waals surface area contributed by atoms with Crippen LogP contribution in [0.4, 0.5) is 5.69 Å². The molecule has 0 radical (unpaired) electrons. The van der Waals surface area contributed by atoms with Gasteiger partial charge in [0, 0.05) is 12.0 Å². The van der Waals surface area contributed by atoms with Crippen LogP contribution in [0, 0.1) is 0 Å². The van der Waals surface area contributed by atoms with Crippen LogP contribution in [0.5, 0.6) is 17.2 Å². The van der Waals surface area contributed by atoms with E-state index < -0.39 is 15.9 Å². The van der Waals surface area contributed by atoms with Crippen LogP contribution in [0.1, 0.15) is 44.7 Å². The van der Waals surface area contributed by atoms with Crippen LogP contribution in [0.2, 0.25) is 0 Å². The maximum absolute atomic E-state index is 13.3. The lowest BCUT2D eigenvalue weighted by Gasteiger charge is -2.41. The molecule has 0 aromatic heterocycles. The summed E-state index contributed by atoms with van der Waals surface area (Å²) in [5.41, 5.74) is 0.795. The van der Waals surface area contributed by atoms with E-state index in [0.717, 1.165) is 34.7 Å². The number of amides is 1. The minimum Gasteiger partial charge on any atom is -0.487 e. The molecule has 7 nitrogen and oxygen atoms in total. The van der Waals surface area contributed by atoms with E-state index >= 15 is 0 Å². The molecule has 3 aromatic rings. The summed E-state index contributed by atoms with van der Waals surface area (Å²) in [5, 5.41) is 3.07. The number of ether oxygens (including phenoxy) is 2. The van der Waals surface area contributed by atoms with Gasteiger partial charge in [-0.15, -0.1) is 0 Å². The minimum atomic E-state index is -3.79. The van der Waals surface area contributed by atoms with Crippen LogP contribution in [-0.4, -0.2) is 32.7 Å². The second kappa shape index (κ2) is 10.6. The molecule has 3 aromatic carbocycles. The van der Waals surface area contributed by atoms with Crippen molar-refractivity contribution >= 4 is 21.6 Å². The predicted molar refractivity (Wildman–Crippen MR) is 141 cm³/mol. The zero-order chi connectivity index (χ0) is 25.8. The molecule has 0 aliphatic carbocycles. The quantitative estimate of drug-likeness (QED) is 0.416. The molecule has 0 saturated carbocycles. The first-order chi connectivity index (χ1) is 17.2. The Morgan fingerprint density at radius 2 is 1.64 bits per heavy atom. The number of carbonyl (C=O) groups excluding carboxylic acids is 1. The Hall–Kier alpha value is -3.52. The van der Waals surface area contributed by atoms with Crippen molar-refractivity contribution in [1.82, 2.24) is 5.32 Å².